The number of rotatable bonds is 9. The second kappa shape index (κ2) is 8.25. The van der Waals surface area contributed by atoms with Gasteiger partial charge in [-0.3, -0.25) is 4.79 Å². The Morgan fingerprint density at radius 2 is 2.32 bits per heavy atom. The Balaban J connectivity index is 2.47. The summed E-state index contributed by atoms with van der Waals surface area (Å²) in [5.41, 5.74) is 0. The normalized spacial score (nSPS) is 10.2. The van der Waals surface area contributed by atoms with E-state index in [0.29, 0.717) is 26.1 Å². The maximum atomic E-state index is 10.5. The summed E-state index contributed by atoms with van der Waals surface area (Å²) in [5, 5.41) is 11.7. The van der Waals surface area contributed by atoms with Crippen molar-refractivity contribution in [2.24, 2.45) is 0 Å². The number of ether oxygens (including phenoxy) is 1. The van der Waals surface area contributed by atoms with Crippen LogP contribution < -0.4 is 10.2 Å². The van der Waals surface area contributed by atoms with Crippen LogP contribution in [0.1, 0.15) is 12.8 Å². The fraction of sp³-hybridized carbons (Fsp3) is 0.583. The van der Waals surface area contributed by atoms with Gasteiger partial charge in [0.05, 0.1) is 6.61 Å². The van der Waals surface area contributed by atoms with Crippen molar-refractivity contribution >= 4 is 17.6 Å². The average molecular weight is 268 g/mol. The van der Waals surface area contributed by atoms with Gasteiger partial charge in [0.15, 0.2) is 0 Å². The molecule has 0 aromatic carbocycles. The number of anilines is 2. The second-order valence-corrected chi connectivity index (χ2v) is 4.10. The Morgan fingerprint density at radius 1 is 1.53 bits per heavy atom. The van der Waals surface area contributed by atoms with E-state index in [9.17, 15) is 4.79 Å². The van der Waals surface area contributed by atoms with Gasteiger partial charge in [0.1, 0.15) is 18.0 Å². The van der Waals surface area contributed by atoms with Crippen LogP contribution >= 0.6 is 0 Å². The van der Waals surface area contributed by atoms with Crippen LogP contribution in [0.3, 0.4) is 0 Å². The summed E-state index contributed by atoms with van der Waals surface area (Å²) in [6, 6.07) is 1.83. The van der Waals surface area contributed by atoms with Crippen LogP contribution in [0.5, 0.6) is 0 Å². The van der Waals surface area contributed by atoms with E-state index < -0.39 is 5.97 Å². The van der Waals surface area contributed by atoms with E-state index in [1.54, 1.807) is 7.11 Å². The fourth-order valence-corrected chi connectivity index (χ4v) is 1.52. The SMILES string of the molecule is COCCNc1cc(N(C)CCCC(=O)O)ncn1. The quantitative estimate of drug-likeness (QED) is 0.641. The van der Waals surface area contributed by atoms with E-state index in [0.717, 1.165) is 11.6 Å². The Labute approximate surface area is 112 Å². The molecule has 0 spiro atoms. The highest BCUT2D eigenvalue weighted by Crippen LogP contribution is 2.12. The molecule has 0 radical (unpaired) electrons. The van der Waals surface area contributed by atoms with E-state index in [1.165, 1.54) is 6.33 Å². The Bertz CT molecular complexity index is 400. The zero-order valence-electron chi connectivity index (χ0n) is 11.3. The van der Waals surface area contributed by atoms with Crippen molar-refractivity contribution in [3.05, 3.63) is 12.4 Å². The van der Waals surface area contributed by atoms with Crippen molar-refractivity contribution in [2.75, 3.05) is 44.1 Å². The zero-order chi connectivity index (χ0) is 14.1. The van der Waals surface area contributed by atoms with Gasteiger partial charge in [-0.05, 0) is 6.42 Å². The van der Waals surface area contributed by atoms with Gasteiger partial charge >= 0.3 is 5.97 Å². The molecule has 1 rings (SSSR count). The Hall–Kier alpha value is -1.89. The lowest BCUT2D eigenvalue weighted by atomic mass is 10.3. The van der Waals surface area contributed by atoms with Gasteiger partial charge in [0.2, 0.25) is 0 Å². The molecule has 0 fully saturated rings. The van der Waals surface area contributed by atoms with Crippen molar-refractivity contribution in [2.45, 2.75) is 12.8 Å². The molecule has 106 valence electrons. The van der Waals surface area contributed by atoms with Crippen LogP contribution in [0, 0.1) is 0 Å². The van der Waals surface area contributed by atoms with Crippen LogP contribution in [0.2, 0.25) is 0 Å². The van der Waals surface area contributed by atoms with Gasteiger partial charge in [-0.1, -0.05) is 0 Å². The largest absolute Gasteiger partial charge is 0.481 e. The molecule has 0 aliphatic rings. The number of carboxylic acid groups (broad SMARTS) is 1. The highest BCUT2D eigenvalue weighted by molar-refractivity contribution is 5.66. The Morgan fingerprint density at radius 3 is 3.00 bits per heavy atom. The number of carbonyl (C=O) groups is 1. The van der Waals surface area contributed by atoms with Gasteiger partial charge in [-0.15, -0.1) is 0 Å². The molecule has 0 aliphatic heterocycles. The lowest BCUT2D eigenvalue weighted by Crippen LogP contribution is -2.21. The number of aliphatic carboxylic acids is 1. The van der Waals surface area contributed by atoms with E-state index in [-0.39, 0.29) is 6.42 Å². The van der Waals surface area contributed by atoms with Crippen LogP contribution in [-0.2, 0) is 9.53 Å². The molecule has 1 aromatic heterocycles. The summed E-state index contributed by atoms with van der Waals surface area (Å²) in [6.45, 7) is 1.92. The number of nitrogens with zero attached hydrogens (tertiary/aromatic N) is 3. The van der Waals surface area contributed by atoms with Crippen molar-refractivity contribution in [1.82, 2.24) is 9.97 Å². The van der Waals surface area contributed by atoms with Gasteiger partial charge in [0, 0.05) is 39.7 Å². The van der Waals surface area contributed by atoms with Crippen molar-refractivity contribution in [3.8, 4) is 0 Å². The Kier molecular flexibility index (Phi) is 6.59. The number of hydrogen-bond acceptors (Lipinski definition) is 6. The van der Waals surface area contributed by atoms with Gasteiger partial charge in [0.25, 0.3) is 0 Å². The van der Waals surface area contributed by atoms with E-state index in [1.807, 2.05) is 18.0 Å². The number of methoxy groups -OCH3 is 1. The maximum Gasteiger partial charge on any atom is 0.303 e. The third-order valence-corrected chi connectivity index (χ3v) is 2.54. The topological polar surface area (TPSA) is 87.6 Å². The monoisotopic (exact) mass is 268 g/mol. The van der Waals surface area contributed by atoms with Crippen molar-refractivity contribution in [1.29, 1.82) is 0 Å². The minimum atomic E-state index is -0.780. The lowest BCUT2D eigenvalue weighted by Gasteiger charge is -2.18. The molecule has 1 aromatic rings. The average Bonchev–Trinajstić information content (AvgIpc) is 2.39. The van der Waals surface area contributed by atoms with E-state index in [2.05, 4.69) is 15.3 Å². The molecule has 0 saturated carbocycles. The minimum Gasteiger partial charge on any atom is -0.481 e. The van der Waals surface area contributed by atoms with Crippen molar-refractivity contribution < 1.29 is 14.6 Å². The second-order valence-electron chi connectivity index (χ2n) is 4.10. The highest BCUT2D eigenvalue weighted by Gasteiger charge is 2.05. The predicted molar refractivity (Wildman–Crippen MR) is 72.5 cm³/mol. The molecular formula is C12H20N4O3. The molecule has 7 heteroatoms. The van der Waals surface area contributed by atoms with E-state index >= 15 is 0 Å². The summed E-state index contributed by atoms with van der Waals surface area (Å²) in [5.74, 6) is 0.713. The summed E-state index contributed by atoms with van der Waals surface area (Å²) >= 11 is 0. The standard InChI is InChI=1S/C12H20N4O3/c1-16(6-3-4-12(17)18)11-8-10(14-9-15-11)13-5-7-19-2/h8-9H,3-7H2,1-2H3,(H,17,18)(H,13,14,15). The predicted octanol–water partition coefficient (Wildman–Crippen LogP) is 0.836. The first-order valence-electron chi connectivity index (χ1n) is 6.11. The van der Waals surface area contributed by atoms with Crippen LogP contribution in [0.15, 0.2) is 12.4 Å². The third kappa shape index (κ3) is 6.01. The summed E-state index contributed by atoms with van der Waals surface area (Å²) in [7, 11) is 3.52. The smallest absolute Gasteiger partial charge is 0.303 e. The summed E-state index contributed by atoms with van der Waals surface area (Å²) in [4.78, 5) is 20.6. The molecule has 0 unspecified atom stereocenters. The molecule has 0 aliphatic carbocycles. The molecule has 2 N–H and O–H groups in total. The zero-order valence-corrected chi connectivity index (χ0v) is 11.3. The molecule has 0 atom stereocenters. The summed E-state index contributed by atoms with van der Waals surface area (Å²) in [6.07, 6.45) is 2.23. The third-order valence-electron chi connectivity index (χ3n) is 2.54. The number of nitrogens with one attached hydrogen (secondary N) is 1. The van der Waals surface area contributed by atoms with Gasteiger partial charge in [-0.2, -0.15) is 0 Å². The van der Waals surface area contributed by atoms with Gasteiger partial charge < -0.3 is 20.1 Å². The summed E-state index contributed by atoms with van der Waals surface area (Å²) < 4.78 is 4.94. The molecule has 0 amide bonds. The number of aromatic nitrogens is 2. The van der Waals surface area contributed by atoms with E-state index in [4.69, 9.17) is 9.84 Å². The van der Waals surface area contributed by atoms with Crippen LogP contribution in [-0.4, -0.2) is 54.9 Å². The maximum absolute atomic E-state index is 10.5. The fourth-order valence-electron chi connectivity index (χ4n) is 1.52. The molecule has 7 nitrogen and oxygen atoms in total. The lowest BCUT2D eigenvalue weighted by molar-refractivity contribution is -0.137. The molecular weight excluding hydrogens is 248 g/mol. The number of carboxylic acids is 1. The number of hydrogen-bond donors (Lipinski definition) is 2. The first-order valence-corrected chi connectivity index (χ1v) is 6.11. The first kappa shape index (κ1) is 15.2. The first-order chi connectivity index (χ1) is 9.13. The highest BCUT2D eigenvalue weighted by atomic mass is 16.5. The minimum absolute atomic E-state index is 0.161. The molecule has 1 heterocycles. The molecule has 0 bridgehead atoms. The molecule has 0 saturated heterocycles. The van der Waals surface area contributed by atoms with Crippen LogP contribution in [0.4, 0.5) is 11.6 Å². The van der Waals surface area contributed by atoms with Crippen LogP contribution in [0.25, 0.3) is 0 Å². The van der Waals surface area contributed by atoms with Gasteiger partial charge in [-0.25, -0.2) is 9.97 Å². The molecule has 19 heavy (non-hydrogen) atoms. The van der Waals surface area contributed by atoms with Crippen molar-refractivity contribution in [3.63, 3.8) is 0 Å².